The van der Waals surface area contributed by atoms with Crippen LogP contribution < -0.4 is 5.73 Å². The van der Waals surface area contributed by atoms with Gasteiger partial charge in [-0.1, -0.05) is 5.16 Å². The number of rotatable bonds is 5. The Balaban J connectivity index is 0.00000361. The predicted molar refractivity (Wildman–Crippen MR) is 85.3 cm³/mol. The topological polar surface area (TPSA) is 72.4 Å². The van der Waals surface area contributed by atoms with Crippen LogP contribution in [0, 0.1) is 13.8 Å². The number of hydrogen-bond acceptors (Lipinski definition) is 5. The highest BCUT2D eigenvalue weighted by Gasteiger charge is 2.33. The van der Waals surface area contributed by atoms with Crippen LogP contribution in [0.25, 0.3) is 0 Å². The molecule has 5 nitrogen and oxygen atoms in total. The lowest BCUT2D eigenvalue weighted by Gasteiger charge is -2.31. The van der Waals surface area contributed by atoms with E-state index in [1.165, 1.54) is 0 Å². The molecule has 1 aromatic rings. The van der Waals surface area contributed by atoms with E-state index in [0.29, 0.717) is 6.54 Å². The number of amides is 1. The molecule has 0 radical (unpaired) electrons. The van der Waals surface area contributed by atoms with Gasteiger partial charge in [-0.05, 0) is 34.0 Å². The van der Waals surface area contributed by atoms with Gasteiger partial charge in [0, 0.05) is 17.4 Å². The van der Waals surface area contributed by atoms with Crippen LogP contribution >= 0.6 is 24.2 Å². The molecular weight excluding hydrogens is 298 g/mol. The van der Waals surface area contributed by atoms with Gasteiger partial charge in [0.15, 0.2) is 0 Å². The average molecular weight is 322 g/mol. The second-order valence-corrected chi connectivity index (χ2v) is 6.74. The summed E-state index contributed by atoms with van der Waals surface area (Å²) in [7, 11) is 1.75. The summed E-state index contributed by atoms with van der Waals surface area (Å²) in [5, 5.41) is 3.89. The molecule has 0 aliphatic carbocycles. The van der Waals surface area contributed by atoms with Crippen LogP contribution in [0.5, 0.6) is 0 Å². The van der Waals surface area contributed by atoms with Gasteiger partial charge >= 0.3 is 0 Å². The molecule has 2 N–H and O–H groups in total. The van der Waals surface area contributed by atoms with Crippen molar-refractivity contribution in [1.29, 1.82) is 0 Å². The SMILES string of the molecule is CSC(C)(C)[C@H](N)C(=O)N(C)Cc1c(C)noc1C.Cl. The van der Waals surface area contributed by atoms with Gasteiger partial charge in [0.2, 0.25) is 5.91 Å². The highest BCUT2D eigenvalue weighted by Crippen LogP contribution is 2.25. The highest BCUT2D eigenvalue weighted by molar-refractivity contribution is 8.00. The molecule has 116 valence electrons. The Morgan fingerprint density at radius 3 is 2.45 bits per heavy atom. The minimum atomic E-state index is -0.534. The minimum Gasteiger partial charge on any atom is -0.361 e. The molecule has 1 aromatic heterocycles. The lowest BCUT2D eigenvalue weighted by molar-refractivity contribution is -0.132. The Labute approximate surface area is 131 Å². The van der Waals surface area contributed by atoms with Crippen molar-refractivity contribution >= 4 is 30.1 Å². The molecule has 20 heavy (non-hydrogen) atoms. The number of carbonyl (C=O) groups excluding carboxylic acids is 1. The maximum atomic E-state index is 12.3. The van der Waals surface area contributed by atoms with Gasteiger partial charge in [-0.3, -0.25) is 4.79 Å². The Morgan fingerprint density at radius 1 is 1.50 bits per heavy atom. The van der Waals surface area contributed by atoms with E-state index >= 15 is 0 Å². The number of hydrogen-bond donors (Lipinski definition) is 1. The van der Waals surface area contributed by atoms with Crippen LogP contribution in [0.2, 0.25) is 0 Å². The Kier molecular flexibility index (Phi) is 7.07. The molecule has 1 amide bonds. The highest BCUT2D eigenvalue weighted by atomic mass is 35.5. The van der Waals surface area contributed by atoms with Gasteiger partial charge in [-0.15, -0.1) is 12.4 Å². The fourth-order valence-electron chi connectivity index (χ4n) is 1.70. The molecule has 0 saturated carbocycles. The molecule has 0 spiro atoms. The van der Waals surface area contributed by atoms with Crippen molar-refractivity contribution < 1.29 is 9.32 Å². The number of nitrogens with two attached hydrogens (primary N) is 1. The second-order valence-electron chi connectivity index (χ2n) is 5.28. The molecule has 0 fully saturated rings. The summed E-state index contributed by atoms with van der Waals surface area (Å²) in [4.78, 5) is 14.0. The van der Waals surface area contributed by atoms with E-state index in [1.807, 2.05) is 34.0 Å². The normalized spacial score (nSPS) is 12.8. The maximum absolute atomic E-state index is 12.3. The molecule has 0 saturated heterocycles. The number of likely N-dealkylation sites (N-methyl/N-ethyl adjacent to an activating group) is 1. The van der Waals surface area contributed by atoms with Crippen LogP contribution in [0.4, 0.5) is 0 Å². The second kappa shape index (κ2) is 7.33. The summed E-state index contributed by atoms with van der Waals surface area (Å²) in [6.45, 7) is 8.14. The zero-order valence-corrected chi connectivity index (χ0v) is 14.5. The molecule has 0 bridgehead atoms. The third kappa shape index (κ3) is 4.14. The van der Waals surface area contributed by atoms with Gasteiger partial charge in [0.1, 0.15) is 5.76 Å². The number of thioether (sulfide) groups is 1. The van der Waals surface area contributed by atoms with Gasteiger partial charge in [-0.2, -0.15) is 11.8 Å². The van der Waals surface area contributed by atoms with Crippen molar-refractivity contribution in [2.45, 2.75) is 45.0 Å². The molecule has 0 aliphatic rings. The van der Waals surface area contributed by atoms with Crippen molar-refractivity contribution in [2.24, 2.45) is 5.73 Å². The lowest BCUT2D eigenvalue weighted by atomic mass is 10.0. The van der Waals surface area contributed by atoms with Crippen molar-refractivity contribution in [2.75, 3.05) is 13.3 Å². The van der Waals surface area contributed by atoms with Gasteiger partial charge in [0.05, 0.1) is 18.3 Å². The van der Waals surface area contributed by atoms with Crippen molar-refractivity contribution in [3.63, 3.8) is 0 Å². The zero-order chi connectivity index (χ0) is 14.8. The first-order chi connectivity index (χ1) is 8.70. The van der Waals surface area contributed by atoms with Crippen molar-refractivity contribution in [1.82, 2.24) is 10.1 Å². The van der Waals surface area contributed by atoms with E-state index in [1.54, 1.807) is 23.7 Å². The molecule has 0 aromatic carbocycles. The van der Waals surface area contributed by atoms with Crippen LogP contribution in [0.1, 0.15) is 30.9 Å². The molecule has 1 atom stereocenters. The molecule has 1 rings (SSSR count). The van der Waals surface area contributed by atoms with E-state index in [9.17, 15) is 4.79 Å². The van der Waals surface area contributed by atoms with Crippen LogP contribution in [0.3, 0.4) is 0 Å². The summed E-state index contributed by atoms with van der Waals surface area (Å²) < 4.78 is 4.81. The standard InChI is InChI=1S/C13H23N3O2S.ClH/c1-8-10(9(2)18-15-8)7-16(5)12(17)11(14)13(3,4)19-6;/h11H,7,14H2,1-6H3;1H/t11-;/m1./s1. The number of aryl methyl sites for hydroxylation is 2. The number of aromatic nitrogens is 1. The Bertz CT molecular complexity index is 443. The molecule has 0 aliphatic heterocycles. The molecule has 7 heteroatoms. The van der Waals surface area contributed by atoms with Crippen LogP contribution in [-0.4, -0.2) is 40.1 Å². The van der Waals surface area contributed by atoms with Crippen molar-refractivity contribution in [3.8, 4) is 0 Å². The first-order valence-corrected chi connectivity index (χ1v) is 7.40. The average Bonchev–Trinajstić information content (AvgIpc) is 2.68. The zero-order valence-electron chi connectivity index (χ0n) is 12.9. The van der Waals surface area contributed by atoms with Crippen molar-refractivity contribution in [3.05, 3.63) is 17.0 Å². The largest absolute Gasteiger partial charge is 0.361 e. The van der Waals surface area contributed by atoms with Crippen LogP contribution in [0.15, 0.2) is 4.52 Å². The summed E-state index contributed by atoms with van der Waals surface area (Å²) >= 11 is 1.59. The summed E-state index contributed by atoms with van der Waals surface area (Å²) in [6, 6.07) is -0.534. The van der Waals surface area contributed by atoms with E-state index in [4.69, 9.17) is 10.3 Å². The number of carbonyl (C=O) groups is 1. The fourth-order valence-corrected chi connectivity index (χ4v) is 2.06. The first kappa shape index (κ1) is 19.3. The minimum absolute atomic E-state index is 0. The van der Waals surface area contributed by atoms with Gasteiger partial charge < -0.3 is 15.2 Å². The maximum Gasteiger partial charge on any atom is 0.240 e. The van der Waals surface area contributed by atoms with E-state index in [2.05, 4.69) is 5.16 Å². The molecular formula is C13H24ClN3O2S. The Morgan fingerprint density at radius 2 is 2.05 bits per heavy atom. The molecule has 1 heterocycles. The lowest BCUT2D eigenvalue weighted by Crippen LogP contribution is -2.52. The summed E-state index contributed by atoms with van der Waals surface area (Å²) in [5.41, 5.74) is 7.82. The third-order valence-electron chi connectivity index (χ3n) is 3.49. The summed E-state index contributed by atoms with van der Waals surface area (Å²) in [5.74, 6) is 0.675. The Hall–Kier alpha value is -0.720. The monoisotopic (exact) mass is 321 g/mol. The van der Waals surface area contributed by atoms with E-state index < -0.39 is 6.04 Å². The number of halogens is 1. The van der Waals surface area contributed by atoms with E-state index in [0.717, 1.165) is 17.0 Å². The van der Waals surface area contributed by atoms with E-state index in [-0.39, 0.29) is 23.1 Å². The third-order valence-corrected chi connectivity index (χ3v) is 4.80. The smallest absolute Gasteiger partial charge is 0.240 e. The van der Waals surface area contributed by atoms with Gasteiger partial charge in [0.25, 0.3) is 0 Å². The van der Waals surface area contributed by atoms with Crippen LogP contribution in [-0.2, 0) is 11.3 Å². The summed E-state index contributed by atoms with van der Waals surface area (Å²) in [6.07, 6.45) is 1.96. The number of nitrogens with zero attached hydrogens (tertiary/aromatic N) is 2. The molecule has 0 unspecified atom stereocenters. The predicted octanol–water partition coefficient (Wildman–Crippen LogP) is 2.14. The fraction of sp³-hybridized carbons (Fsp3) is 0.692. The van der Waals surface area contributed by atoms with Gasteiger partial charge in [-0.25, -0.2) is 0 Å². The quantitative estimate of drug-likeness (QED) is 0.899. The first-order valence-electron chi connectivity index (χ1n) is 6.18.